The van der Waals surface area contributed by atoms with E-state index in [0.29, 0.717) is 15.6 Å². The Bertz CT molecular complexity index is 801. The molecule has 0 aliphatic heterocycles. The summed E-state index contributed by atoms with van der Waals surface area (Å²) in [5, 5.41) is 22.4. The second kappa shape index (κ2) is 7.18. The van der Waals surface area contributed by atoms with Crippen LogP contribution in [0.2, 0.25) is 10.0 Å². The van der Waals surface area contributed by atoms with Crippen LogP contribution < -0.4 is 5.32 Å². The number of rotatable bonds is 6. The van der Waals surface area contributed by atoms with Crippen molar-refractivity contribution in [2.24, 2.45) is 17.8 Å². The number of amides is 1. The molecule has 2 aliphatic carbocycles. The van der Waals surface area contributed by atoms with E-state index in [0.717, 1.165) is 0 Å². The second-order valence-electron chi connectivity index (χ2n) is 6.60. The molecule has 1 aromatic rings. The number of ether oxygens (including phenoxy) is 2. The molecular formula is C17H17Cl2NO7. The molecule has 3 N–H and O–H groups in total. The van der Waals surface area contributed by atoms with Crippen molar-refractivity contribution in [3.8, 4) is 0 Å². The lowest BCUT2D eigenvalue weighted by Gasteiger charge is -2.22. The van der Waals surface area contributed by atoms with Gasteiger partial charge in [0.15, 0.2) is 0 Å². The molecule has 2 saturated carbocycles. The first kappa shape index (κ1) is 19.7. The van der Waals surface area contributed by atoms with Crippen molar-refractivity contribution >= 4 is 41.2 Å². The van der Waals surface area contributed by atoms with Crippen molar-refractivity contribution in [1.29, 1.82) is 0 Å². The number of methoxy groups -OCH3 is 1. The number of nitrogens with one attached hydrogen (secondary N) is 1. The number of fused-ring (bicyclic) bond motifs is 1. The number of aliphatic carboxylic acids is 2. The van der Waals surface area contributed by atoms with Crippen LogP contribution in [0, 0.1) is 17.8 Å². The van der Waals surface area contributed by atoms with E-state index >= 15 is 0 Å². The molecule has 0 aromatic heterocycles. The molecule has 1 aromatic carbocycles. The van der Waals surface area contributed by atoms with Gasteiger partial charge in [-0.1, -0.05) is 29.3 Å². The number of halogens is 2. The molecule has 1 amide bonds. The maximum Gasteiger partial charge on any atom is 0.407 e. The highest BCUT2D eigenvalue weighted by atomic mass is 35.5. The van der Waals surface area contributed by atoms with E-state index in [1.54, 1.807) is 18.2 Å². The molecule has 146 valence electrons. The van der Waals surface area contributed by atoms with Crippen LogP contribution in [0.25, 0.3) is 0 Å². The minimum absolute atomic E-state index is 0.0358. The first-order valence-corrected chi connectivity index (χ1v) is 8.86. The van der Waals surface area contributed by atoms with Gasteiger partial charge < -0.3 is 25.0 Å². The van der Waals surface area contributed by atoms with Crippen LogP contribution in [0.3, 0.4) is 0 Å². The summed E-state index contributed by atoms with van der Waals surface area (Å²) in [5.41, 5.74) is -0.780. The van der Waals surface area contributed by atoms with Crippen molar-refractivity contribution in [3.63, 3.8) is 0 Å². The Labute approximate surface area is 164 Å². The average molecular weight is 418 g/mol. The number of benzene rings is 1. The van der Waals surface area contributed by atoms with Crippen LogP contribution in [0.1, 0.15) is 12.0 Å². The van der Waals surface area contributed by atoms with Crippen LogP contribution in [-0.4, -0.2) is 47.0 Å². The molecule has 0 spiro atoms. The smallest absolute Gasteiger partial charge is 0.407 e. The maximum absolute atomic E-state index is 11.8. The predicted molar refractivity (Wildman–Crippen MR) is 93.7 cm³/mol. The number of carboxylic acids is 2. The second-order valence-corrected chi connectivity index (χ2v) is 7.42. The SMILES string of the molecule is COC(=O)NC1CC(C(=O)O)C2(OCc3ccc(Cl)c(Cl)c3)C(C(=O)O)C12. The minimum Gasteiger partial charge on any atom is -0.481 e. The summed E-state index contributed by atoms with van der Waals surface area (Å²) in [6.07, 6.45) is -0.694. The molecule has 10 heteroatoms. The Morgan fingerprint density at radius 3 is 2.48 bits per heavy atom. The Hall–Kier alpha value is -2.03. The first-order valence-electron chi connectivity index (χ1n) is 8.10. The van der Waals surface area contributed by atoms with Crippen LogP contribution in [0.4, 0.5) is 4.79 Å². The molecule has 5 atom stereocenters. The lowest BCUT2D eigenvalue weighted by atomic mass is 9.95. The number of carboxylic acid groups (broad SMARTS) is 2. The summed E-state index contributed by atoms with van der Waals surface area (Å²) in [7, 11) is 1.18. The molecule has 0 bridgehead atoms. The highest BCUT2D eigenvalue weighted by Gasteiger charge is 2.81. The third-order valence-electron chi connectivity index (χ3n) is 5.25. The molecule has 0 saturated heterocycles. The van der Waals surface area contributed by atoms with Crippen molar-refractivity contribution < 1.29 is 34.1 Å². The summed E-state index contributed by atoms with van der Waals surface area (Å²) < 4.78 is 10.4. The van der Waals surface area contributed by atoms with Crippen molar-refractivity contribution in [2.75, 3.05) is 7.11 Å². The zero-order chi connectivity index (χ0) is 19.9. The van der Waals surface area contributed by atoms with Gasteiger partial charge in [0.25, 0.3) is 0 Å². The van der Waals surface area contributed by atoms with Gasteiger partial charge >= 0.3 is 18.0 Å². The summed E-state index contributed by atoms with van der Waals surface area (Å²) in [6.45, 7) is -0.0358. The molecule has 5 unspecified atom stereocenters. The number of hydrogen-bond acceptors (Lipinski definition) is 5. The zero-order valence-corrected chi connectivity index (χ0v) is 15.7. The lowest BCUT2D eigenvalue weighted by Crippen LogP contribution is -2.38. The first-order chi connectivity index (χ1) is 12.7. The van der Waals surface area contributed by atoms with E-state index in [-0.39, 0.29) is 13.0 Å². The van der Waals surface area contributed by atoms with Crippen LogP contribution in [0.5, 0.6) is 0 Å². The van der Waals surface area contributed by atoms with Gasteiger partial charge in [0.05, 0.1) is 35.6 Å². The number of hydrogen-bond donors (Lipinski definition) is 3. The van der Waals surface area contributed by atoms with Gasteiger partial charge in [-0.05, 0) is 24.1 Å². The van der Waals surface area contributed by atoms with Crippen molar-refractivity contribution in [3.05, 3.63) is 33.8 Å². The Morgan fingerprint density at radius 1 is 1.22 bits per heavy atom. The van der Waals surface area contributed by atoms with Crippen molar-refractivity contribution in [1.82, 2.24) is 5.32 Å². The zero-order valence-electron chi connectivity index (χ0n) is 14.1. The molecule has 0 radical (unpaired) electrons. The number of alkyl carbamates (subject to hydrolysis) is 1. The molecule has 3 rings (SSSR count). The maximum atomic E-state index is 11.8. The minimum atomic E-state index is -1.41. The number of carbonyl (C=O) groups excluding carboxylic acids is 1. The summed E-state index contributed by atoms with van der Waals surface area (Å²) in [5.74, 6) is -5.13. The molecule has 2 aliphatic rings. The van der Waals surface area contributed by atoms with E-state index in [9.17, 15) is 24.6 Å². The third kappa shape index (κ3) is 3.33. The molecule has 8 nitrogen and oxygen atoms in total. The van der Waals surface area contributed by atoms with E-state index in [1.807, 2.05) is 0 Å². The Kier molecular flexibility index (Phi) is 5.24. The fraction of sp³-hybridized carbons (Fsp3) is 0.471. The fourth-order valence-corrected chi connectivity index (χ4v) is 4.44. The quantitative estimate of drug-likeness (QED) is 0.649. The summed E-state index contributed by atoms with van der Waals surface area (Å²) in [6, 6.07) is 4.13. The van der Waals surface area contributed by atoms with Gasteiger partial charge in [-0.2, -0.15) is 0 Å². The fourth-order valence-electron chi connectivity index (χ4n) is 4.12. The van der Waals surface area contributed by atoms with Crippen LogP contribution >= 0.6 is 23.2 Å². The average Bonchev–Trinajstić information content (AvgIpc) is 3.19. The Balaban J connectivity index is 1.86. The van der Waals surface area contributed by atoms with Gasteiger partial charge in [0.2, 0.25) is 0 Å². The van der Waals surface area contributed by atoms with Gasteiger partial charge in [-0.15, -0.1) is 0 Å². The van der Waals surface area contributed by atoms with Crippen LogP contribution in [-0.2, 0) is 25.7 Å². The van der Waals surface area contributed by atoms with E-state index in [4.69, 9.17) is 27.9 Å². The molecule has 2 fully saturated rings. The normalized spacial score (nSPS) is 31.1. The topological polar surface area (TPSA) is 122 Å². The van der Waals surface area contributed by atoms with Gasteiger partial charge in [-0.25, -0.2) is 4.79 Å². The van der Waals surface area contributed by atoms with Gasteiger partial charge in [0.1, 0.15) is 5.60 Å². The van der Waals surface area contributed by atoms with Gasteiger partial charge in [-0.3, -0.25) is 9.59 Å². The largest absolute Gasteiger partial charge is 0.481 e. The van der Waals surface area contributed by atoms with E-state index in [2.05, 4.69) is 10.1 Å². The summed E-state index contributed by atoms with van der Waals surface area (Å²) >= 11 is 11.8. The highest BCUT2D eigenvalue weighted by molar-refractivity contribution is 6.42. The Morgan fingerprint density at radius 2 is 1.93 bits per heavy atom. The summed E-state index contributed by atoms with van der Waals surface area (Å²) in [4.78, 5) is 35.0. The third-order valence-corrected chi connectivity index (χ3v) is 5.99. The highest BCUT2D eigenvalue weighted by Crippen LogP contribution is 2.66. The molecular weight excluding hydrogens is 401 g/mol. The molecule has 27 heavy (non-hydrogen) atoms. The number of carbonyl (C=O) groups is 3. The van der Waals surface area contributed by atoms with E-state index in [1.165, 1.54) is 7.11 Å². The standard InChI is InChI=1S/C17H17Cl2NO7/c1-26-16(25)20-11-5-8(14(21)22)17(12(11)13(17)15(23)24)27-6-7-2-3-9(18)10(19)4-7/h2-4,8,11-13H,5-6H2,1H3,(H,20,25)(H,21,22)(H,23,24). The predicted octanol–water partition coefficient (Wildman–Crippen LogP) is 2.41. The van der Waals surface area contributed by atoms with E-state index < -0.39 is 47.4 Å². The monoisotopic (exact) mass is 417 g/mol. The lowest BCUT2D eigenvalue weighted by molar-refractivity contribution is -0.153. The van der Waals surface area contributed by atoms with Crippen LogP contribution in [0.15, 0.2) is 18.2 Å². The van der Waals surface area contributed by atoms with Crippen molar-refractivity contribution in [2.45, 2.75) is 24.7 Å². The molecule has 0 heterocycles. The van der Waals surface area contributed by atoms with Gasteiger partial charge in [0, 0.05) is 12.0 Å².